The minimum absolute atomic E-state index is 0.000671. The number of carboxylic acid groups (broad SMARTS) is 1. The van der Waals surface area contributed by atoms with Crippen LogP contribution in [0, 0.1) is 0 Å². The zero-order valence-electron chi connectivity index (χ0n) is 14.1. The van der Waals surface area contributed by atoms with Crippen LogP contribution in [0.5, 0.6) is 0 Å². The third-order valence-electron chi connectivity index (χ3n) is 4.31. The topological polar surface area (TPSA) is 101 Å². The molecule has 1 amide bonds. The number of rotatable bonds is 5. The number of hydrogen-bond donors (Lipinski definition) is 1. The van der Waals surface area contributed by atoms with Gasteiger partial charge >= 0.3 is 5.97 Å². The van der Waals surface area contributed by atoms with E-state index in [0.717, 1.165) is 12.1 Å². The quantitative estimate of drug-likeness (QED) is 0.675. The molecule has 0 bridgehead atoms. The first-order chi connectivity index (χ1) is 13.1. The summed E-state index contributed by atoms with van der Waals surface area (Å²) in [5.74, 6) is -0.785. The maximum Gasteiger partial charge on any atom is 0.335 e. The molecule has 1 aliphatic rings. The van der Waals surface area contributed by atoms with Crippen LogP contribution in [0.4, 0.5) is 5.69 Å². The Morgan fingerprint density at radius 2 is 1.89 bits per heavy atom. The minimum atomic E-state index is -0.996. The van der Waals surface area contributed by atoms with Crippen molar-refractivity contribution < 1.29 is 14.7 Å². The van der Waals surface area contributed by atoms with Crippen LogP contribution in [0.2, 0.25) is 0 Å². The monoisotopic (exact) mass is 381 g/mol. The molecule has 136 valence electrons. The number of anilines is 1. The summed E-state index contributed by atoms with van der Waals surface area (Å²) >= 11 is 1.25. The predicted molar refractivity (Wildman–Crippen MR) is 99.3 cm³/mol. The Hall–Kier alpha value is -3.20. The van der Waals surface area contributed by atoms with Crippen LogP contribution in [0.1, 0.15) is 15.9 Å². The van der Waals surface area contributed by atoms with E-state index >= 15 is 0 Å². The molecule has 0 fully saturated rings. The lowest BCUT2D eigenvalue weighted by atomic mass is 10.2. The normalized spacial score (nSPS) is 12.8. The van der Waals surface area contributed by atoms with E-state index in [0.29, 0.717) is 17.4 Å². The van der Waals surface area contributed by atoms with Crippen LogP contribution in [-0.4, -0.2) is 49.5 Å². The van der Waals surface area contributed by atoms with Gasteiger partial charge in [0.1, 0.15) is 0 Å². The van der Waals surface area contributed by atoms with Gasteiger partial charge in [0, 0.05) is 12.2 Å². The summed E-state index contributed by atoms with van der Waals surface area (Å²) in [5.41, 5.74) is 2.96. The van der Waals surface area contributed by atoms with Gasteiger partial charge in [-0.3, -0.25) is 4.79 Å². The largest absolute Gasteiger partial charge is 0.478 e. The Bertz CT molecular complexity index is 1000. The van der Waals surface area contributed by atoms with Gasteiger partial charge in [0.05, 0.1) is 17.0 Å². The molecule has 27 heavy (non-hydrogen) atoms. The fourth-order valence-electron chi connectivity index (χ4n) is 2.98. The molecule has 8 nitrogen and oxygen atoms in total. The van der Waals surface area contributed by atoms with Crippen molar-refractivity contribution in [1.82, 2.24) is 20.2 Å². The van der Waals surface area contributed by atoms with Crippen LogP contribution in [0.15, 0.2) is 53.7 Å². The lowest BCUT2D eigenvalue weighted by Gasteiger charge is -2.16. The highest BCUT2D eigenvalue weighted by molar-refractivity contribution is 7.99. The van der Waals surface area contributed by atoms with Gasteiger partial charge in [-0.15, -0.1) is 5.10 Å². The summed E-state index contributed by atoms with van der Waals surface area (Å²) in [7, 11) is 0. The van der Waals surface area contributed by atoms with E-state index in [9.17, 15) is 9.59 Å². The van der Waals surface area contributed by atoms with E-state index in [1.165, 1.54) is 34.1 Å². The summed E-state index contributed by atoms with van der Waals surface area (Å²) in [5, 5.41) is 21.0. The van der Waals surface area contributed by atoms with Crippen LogP contribution in [0.25, 0.3) is 5.69 Å². The molecular weight excluding hydrogens is 366 g/mol. The Labute approximate surface area is 158 Å². The number of benzene rings is 2. The first kappa shape index (κ1) is 17.2. The molecule has 3 aromatic rings. The molecule has 2 heterocycles. The highest BCUT2D eigenvalue weighted by atomic mass is 32.2. The molecule has 9 heteroatoms. The van der Waals surface area contributed by atoms with E-state index in [1.54, 1.807) is 17.0 Å². The minimum Gasteiger partial charge on any atom is -0.478 e. The van der Waals surface area contributed by atoms with Crippen molar-refractivity contribution in [2.75, 3.05) is 17.2 Å². The number of carbonyl (C=O) groups is 2. The smallest absolute Gasteiger partial charge is 0.335 e. The number of aromatic nitrogens is 4. The number of carboxylic acids is 1. The summed E-state index contributed by atoms with van der Waals surface area (Å²) in [6.07, 6.45) is 0.861. The summed E-state index contributed by atoms with van der Waals surface area (Å²) in [4.78, 5) is 25.4. The van der Waals surface area contributed by atoms with Gasteiger partial charge in [-0.1, -0.05) is 30.0 Å². The SMILES string of the molecule is O=C(O)c1ccc(-n2nnnc2SCC(=O)N2CCc3ccccc32)cc1. The van der Waals surface area contributed by atoms with Crippen molar-refractivity contribution in [1.29, 1.82) is 0 Å². The van der Waals surface area contributed by atoms with Crippen molar-refractivity contribution in [2.24, 2.45) is 0 Å². The predicted octanol–water partition coefficient (Wildman–Crippen LogP) is 2.04. The molecule has 0 spiro atoms. The molecule has 0 aliphatic carbocycles. The highest BCUT2D eigenvalue weighted by Gasteiger charge is 2.24. The lowest BCUT2D eigenvalue weighted by Crippen LogP contribution is -2.30. The lowest BCUT2D eigenvalue weighted by molar-refractivity contribution is -0.116. The standard InChI is InChI=1S/C18H15N5O3S/c24-16(22-10-9-12-3-1-2-4-15(12)22)11-27-18-19-20-21-23(18)14-7-5-13(6-8-14)17(25)26/h1-8H,9-11H2,(H,25,26). The molecule has 0 unspecified atom stereocenters. The number of fused-ring (bicyclic) bond motifs is 1. The summed E-state index contributed by atoms with van der Waals surface area (Å²) in [6.45, 7) is 0.681. The Morgan fingerprint density at radius 3 is 2.67 bits per heavy atom. The van der Waals surface area contributed by atoms with Crippen molar-refractivity contribution in [2.45, 2.75) is 11.6 Å². The van der Waals surface area contributed by atoms with E-state index in [4.69, 9.17) is 5.11 Å². The second-order valence-corrected chi connectivity index (χ2v) is 6.88. The van der Waals surface area contributed by atoms with Crippen LogP contribution in [0.3, 0.4) is 0 Å². The van der Waals surface area contributed by atoms with Gasteiger partial charge in [0.25, 0.3) is 0 Å². The number of para-hydroxylation sites is 1. The van der Waals surface area contributed by atoms with Gasteiger partial charge in [0.15, 0.2) is 0 Å². The van der Waals surface area contributed by atoms with Crippen LogP contribution >= 0.6 is 11.8 Å². The summed E-state index contributed by atoms with van der Waals surface area (Å²) < 4.78 is 1.49. The van der Waals surface area contributed by atoms with Gasteiger partial charge in [-0.2, -0.15) is 4.68 Å². The van der Waals surface area contributed by atoms with Crippen molar-refractivity contribution in [3.8, 4) is 5.69 Å². The zero-order chi connectivity index (χ0) is 18.8. The third kappa shape index (κ3) is 3.41. The van der Waals surface area contributed by atoms with Crippen molar-refractivity contribution in [3.05, 3.63) is 59.7 Å². The van der Waals surface area contributed by atoms with Crippen molar-refractivity contribution in [3.63, 3.8) is 0 Å². The number of carbonyl (C=O) groups excluding carboxylic acids is 1. The fourth-order valence-corrected chi connectivity index (χ4v) is 3.74. The maximum atomic E-state index is 12.6. The van der Waals surface area contributed by atoms with E-state index < -0.39 is 5.97 Å². The number of amides is 1. The Balaban J connectivity index is 1.46. The van der Waals surface area contributed by atoms with Crippen LogP contribution in [-0.2, 0) is 11.2 Å². The molecule has 0 saturated heterocycles. The second-order valence-electron chi connectivity index (χ2n) is 5.94. The molecule has 0 atom stereocenters. The van der Waals surface area contributed by atoms with Gasteiger partial charge < -0.3 is 10.0 Å². The molecule has 1 aromatic heterocycles. The molecule has 1 aliphatic heterocycles. The zero-order valence-corrected chi connectivity index (χ0v) is 15.0. The van der Waals surface area contributed by atoms with Crippen LogP contribution < -0.4 is 4.90 Å². The molecule has 1 N–H and O–H groups in total. The summed E-state index contributed by atoms with van der Waals surface area (Å²) in [6, 6.07) is 14.1. The van der Waals surface area contributed by atoms with E-state index in [-0.39, 0.29) is 17.2 Å². The number of aromatic carboxylic acids is 1. The number of thioether (sulfide) groups is 1. The fraction of sp³-hybridized carbons (Fsp3) is 0.167. The highest BCUT2D eigenvalue weighted by Crippen LogP contribution is 2.28. The third-order valence-corrected chi connectivity index (χ3v) is 5.22. The maximum absolute atomic E-state index is 12.6. The average Bonchev–Trinajstić information content (AvgIpc) is 3.33. The first-order valence-corrected chi connectivity index (χ1v) is 9.25. The van der Waals surface area contributed by atoms with Crippen molar-refractivity contribution >= 4 is 29.3 Å². The Kier molecular flexibility index (Phi) is 4.59. The van der Waals surface area contributed by atoms with Gasteiger partial charge in [-0.05, 0) is 52.7 Å². The van der Waals surface area contributed by atoms with E-state index in [2.05, 4.69) is 15.5 Å². The first-order valence-electron chi connectivity index (χ1n) is 8.26. The molecule has 0 radical (unpaired) electrons. The van der Waals surface area contributed by atoms with Gasteiger partial charge in [0.2, 0.25) is 11.1 Å². The Morgan fingerprint density at radius 1 is 1.11 bits per heavy atom. The number of nitrogens with zero attached hydrogens (tertiary/aromatic N) is 5. The average molecular weight is 381 g/mol. The second kappa shape index (κ2) is 7.20. The number of hydrogen-bond acceptors (Lipinski definition) is 6. The molecule has 4 rings (SSSR count). The molecule has 0 saturated carbocycles. The molecular formula is C18H15N5O3S. The molecule has 2 aromatic carbocycles. The number of tetrazole rings is 1. The van der Waals surface area contributed by atoms with E-state index in [1.807, 2.05) is 24.3 Å². The van der Waals surface area contributed by atoms with Gasteiger partial charge in [-0.25, -0.2) is 4.79 Å².